The van der Waals surface area contributed by atoms with E-state index in [1.807, 2.05) is 0 Å². The lowest BCUT2D eigenvalue weighted by atomic mass is 9.98. The first-order valence-electron chi connectivity index (χ1n) is 14.2. The summed E-state index contributed by atoms with van der Waals surface area (Å²) in [6, 6.07) is 53.6. The molecule has 0 saturated carbocycles. The normalized spacial score (nSPS) is 13.9. The highest BCUT2D eigenvalue weighted by Crippen LogP contribution is 2.52. The molecule has 5 aromatic carbocycles. The van der Waals surface area contributed by atoms with E-state index in [1.165, 1.54) is 37.7 Å². The Morgan fingerprint density at radius 1 is 0.512 bits per heavy atom. The van der Waals surface area contributed by atoms with Gasteiger partial charge in [-0.1, -0.05) is 158 Å². The van der Waals surface area contributed by atoms with Gasteiger partial charge in [-0.3, -0.25) is 4.90 Å². The summed E-state index contributed by atoms with van der Waals surface area (Å²) in [5.74, 6) is 0. The Hall–Kier alpha value is -3.60. The van der Waals surface area contributed by atoms with Gasteiger partial charge in [0.2, 0.25) is 0 Å². The smallest absolute Gasteiger partial charge is 0.0606 e. The fourth-order valence-electron chi connectivity index (χ4n) is 5.82. The van der Waals surface area contributed by atoms with Gasteiger partial charge in [0.05, 0.1) is 6.04 Å². The average molecular weight is 568 g/mol. The Labute approximate surface area is 247 Å². The summed E-state index contributed by atoms with van der Waals surface area (Å²) in [6.45, 7) is 0. The molecule has 5 aromatic rings. The van der Waals surface area contributed by atoms with E-state index in [9.17, 15) is 0 Å². The van der Waals surface area contributed by atoms with Crippen LogP contribution in [0, 0.1) is 0 Å². The average Bonchev–Trinajstić information content (AvgIpc) is 3.49. The van der Waals surface area contributed by atoms with Crippen molar-refractivity contribution in [2.75, 3.05) is 14.1 Å². The molecule has 3 heteroatoms. The van der Waals surface area contributed by atoms with Crippen LogP contribution >= 0.6 is 15.8 Å². The Morgan fingerprint density at radius 3 is 1.39 bits per heavy atom. The minimum absolute atomic E-state index is 0.148. The number of hydrogen-bond acceptors (Lipinski definition) is 1. The van der Waals surface area contributed by atoms with Gasteiger partial charge in [-0.2, -0.15) is 0 Å². The number of benzene rings is 5. The van der Waals surface area contributed by atoms with Gasteiger partial charge in [0.1, 0.15) is 0 Å². The van der Waals surface area contributed by atoms with E-state index in [2.05, 4.69) is 177 Å². The molecule has 0 radical (unpaired) electrons. The first-order chi connectivity index (χ1) is 20.2. The molecule has 0 amide bonds. The van der Waals surface area contributed by atoms with Gasteiger partial charge in [-0.25, -0.2) is 0 Å². The maximum absolute atomic E-state index is 2.41. The molecule has 0 spiro atoms. The van der Waals surface area contributed by atoms with E-state index in [1.54, 1.807) is 5.31 Å². The summed E-state index contributed by atoms with van der Waals surface area (Å²) in [5.41, 5.74) is 2.84. The first-order valence-corrected chi connectivity index (χ1v) is 16.9. The van der Waals surface area contributed by atoms with Crippen LogP contribution in [0.5, 0.6) is 0 Å². The summed E-state index contributed by atoms with van der Waals surface area (Å²) in [4.78, 5) is 2.41. The van der Waals surface area contributed by atoms with Crippen molar-refractivity contribution in [1.82, 2.24) is 4.90 Å². The van der Waals surface area contributed by atoms with Crippen LogP contribution in [0.2, 0.25) is 0 Å². The van der Waals surface area contributed by atoms with Gasteiger partial charge in [0.15, 0.2) is 0 Å². The molecule has 0 aromatic heterocycles. The summed E-state index contributed by atoms with van der Waals surface area (Å²) < 4.78 is 0. The van der Waals surface area contributed by atoms with E-state index in [0.29, 0.717) is 0 Å². The zero-order valence-corrected chi connectivity index (χ0v) is 25.4. The second kappa shape index (κ2) is 12.9. The van der Waals surface area contributed by atoms with Crippen LogP contribution in [0.3, 0.4) is 0 Å². The number of nitrogens with zero attached hydrogens (tertiary/aromatic N) is 1. The van der Waals surface area contributed by atoms with Crippen LogP contribution in [0.4, 0.5) is 0 Å². The van der Waals surface area contributed by atoms with Gasteiger partial charge in [-0.05, 0) is 79.3 Å². The van der Waals surface area contributed by atoms with E-state index in [-0.39, 0.29) is 6.04 Å². The standard InChI is InChI=1S/C38H35NP2/c1-39(2)38(35-27-17-29-37(35)41(32-22-11-5-12-23-32)33-24-13-6-14-25-33)34-26-15-16-28-36(34)40(30-18-7-3-8-19-30)31-20-9-4-10-21-31/h3-28,38H,29H2,1-2H3/t38-/m0/s1. The highest BCUT2D eigenvalue weighted by Gasteiger charge is 2.31. The van der Waals surface area contributed by atoms with Crippen molar-refractivity contribution in [2.24, 2.45) is 0 Å². The van der Waals surface area contributed by atoms with Crippen molar-refractivity contribution < 1.29 is 0 Å². The molecule has 1 aliphatic carbocycles. The van der Waals surface area contributed by atoms with Crippen LogP contribution in [-0.2, 0) is 0 Å². The van der Waals surface area contributed by atoms with E-state index in [0.717, 1.165) is 6.42 Å². The largest absolute Gasteiger partial charge is 0.299 e. The van der Waals surface area contributed by atoms with Crippen molar-refractivity contribution >= 4 is 42.4 Å². The molecule has 1 atom stereocenters. The molecule has 0 unspecified atom stereocenters. The summed E-state index contributed by atoms with van der Waals surface area (Å²) >= 11 is 0. The fraction of sp³-hybridized carbons (Fsp3) is 0.105. The van der Waals surface area contributed by atoms with Crippen molar-refractivity contribution in [3.63, 3.8) is 0 Å². The Balaban J connectivity index is 1.54. The van der Waals surface area contributed by atoms with Crippen molar-refractivity contribution in [3.05, 3.63) is 174 Å². The quantitative estimate of drug-likeness (QED) is 0.168. The topological polar surface area (TPSA) is 3.24 Å². The van der Waals surface area contributed by atoms with E-state index >= 15 is 0 Å². The number of likely N-dealkylation sites (N-methyl/N-ethyl adjacent to an activating group) is 1. The molecule has 0 fully saturated rings. The molecule has 0 bridgehead atoms. The maximum Gasteiger partial charge on any atom is 0.0606 e. The van der Waals surface area contributed by atoms with E-state index in [4.69, 9.17) is 0 Å². The van der Waals surface area contributed by atoms with Crippen LogP contribution < -0.4 is 26.5 Å². The molecule has 0 N–H and O–H groups in total. The molecule has 0 heterocycles. The minimum Gasteiger partial charge on any atom is -0.299 e. The Morgan fingerprint density at radius 2 is 0.927 bits per heavy atom. The van der Waals surface area contributed by atoms with Gasteiger partial charge >= 0.3 is 0 Å². The zero-order chi connectivity index (χ0) is 28.0. The van der Waals surface area contributed by atoms with Crippen LogP contribution in [0.1, 0.15) is 18.0 Å². The number of rotatable bonds is 9. The van der Waals surface area contributed by atoms with Gasteiger partial charge in [0, 0.05) is 0 Å². The first kappa shape index (κ1) is 27.6. The van der Waals surface area contributed by atoms with E-state index < -0.39 is 15.8 Å². The predicted molar refractivity (Wildman–Crippen MR) is 181 cm³/mol. The van der Waals surface area contributed by atoms with Crippen LogP contribution in [-0.4, -0.2) is 19.0 Å². The molecule has 41 heavy (non-hydrogen) atoms. The molecular formula is C38H35NP2. The van der Waals surface area contributed by atoms with Gasteiger partial charge < -0.3 is 0 Å². The summed E-state index contributed by atoms with van der Waals surface area (Å²) in [6.07, 6.45) is 5.77. The van der Waals surface area contributed by atoms with Crippen molar-refractivity contribution in [2.45, 2.75) is 12.5 Å². The van der Waals surface area contributed by atoms with Crippen LogP contribution in [0.15, 0.2) is 169 Å². The summed E-state index contributed by atoms with van der Waals surface area (Å²) in [7, 11) is 3.09. The highest BCUT2D eigenvalue weighted by molar-refractivity contribution is 7.80. The van der Waals surface area contributed by atoms with Gasteiger partial charge in [0.25, 0.3) is 0 Å². The Bertz CT molecular complexity index is 1550. The third kappa shape index (κ3) is 5.91. The lowest BCUT2D eigenvalue weighted by Gasteiger charge is -2.33. The molecule has 202 valence electrons. The third-order valence-electron chi connectivity index (χ3n) is 7.55. The highest BCUT2D eigenvalue weighted by atomic mass is 31.1. The summed E-state index contributed by atoms with van der Waals surface area (Å²) in [5, 5.41) is 8.55. The van der Waals surface area contributed by atoms with Gasteiger partial charge in [-0.15, -0.1) is 0 Å². The monoisotopic (exact) mass is 567 g/mol. The minimum atomic E-state index is -0.724. The molecule has 1 aliphatic rings. The fourth-order valence-corrected chi connectivity index (χ4v) is 10.9. The number of hydrogen-bond donors (Lipinski definition) is 0. The van der Waals surface area contributed by atoms with Crippen molar-refractivity contribution in [3.8, 4) is 0 Å². The zero-order valence-electron chi connectivity index (χ0n) is 23.6. The second-order valence-electron chi connectivity index (χ2n) is 10.4. The SMILES string of the molecule is CN(C)[C@H](C1=C(P(c2ccccc2)c2ccccc2)CC=C1)c1ccccc1P(c1ccccc1)c1ccccc1. The molecule has 6 rings (SSSR count). The lowest BCUT2D eigenvalue weighted by Crippen LogP contribution is -2.30. The van der Waals surface area contributed by atoms with Crippen LogP contribution in [0.25, 0.3) is 0 Å². The second-order valence-corrected chi connectivity index (χ2v) is 14.9. The Kier molecular flexibility index (Phi) is 8.69. The maximum atomic E-state index is 2.41. The van der Waals surface area contributed by atoms with Crippen molar-refractivity contribution in [1.29, 1.82) is 0 Å². The lowest BCUT2D eigenvalue weighted by molar-refractivity contribution is 0.342. The molecule has 1 nitrogen and oxygen atoms in total. The third-order valence-corrected chi connectivity index (χ3v) is 12.7. The number of allylic oxidation sites excluding steroid dienone is 2. The molecule has 0 aliphatic heterocycles. The predicted octanol–water partition coefficient (Wildman–Crippen LogP) is 7.39. The molecular weight excluding hydrogens is 532 g/mol. The molecule has 0 saturated heterocycles.